The van der Waals surface area contributed by atoms with Crippen LogP contribution in [-0.4, -0.2) is 0 Å². The summed E-state index contributed by atoms with van der Waals surface area (Å²) in [5, 5.41) is 0. The van der Waals surface area contributed by atoms with Gasteiger partial charge in [0.2, 0.25) is 0 Å². The van der Waals surface area contributed by atoms with Crippen LogP contribution in [0.3, 0.4) is 0 Å². The van der Waals surface area contributed by atoms with Gasteiger partial charge in [-0.15, -0.1) is 0 Å². The third kappa shape index (κ3) is 11.1. The quantitative estimate of drug-likeness (QED) is 0.499. The standard InChI is InChI=1S/2C9H20/c1-7(2)6-9(5)8(3)4;1-6-9(7(2)3)8(4)5/h2*7-9H,6H2,1-5H3. The molecule has 0 N–H and O–H groups in total. The largest absolute Gasteiger partial charge is 0.0651 e. The summed E-state index contributed by atoms with van der Waals surface area (Å²) in [5.74, 6) is 5.25. The van der Waals surface area contributed by atoms with E-state index < -0.39 is 0 Å². The Balaban J connectivity index is 0. The first kappa shape index (κ1) is 20.3. The summed E-state index contributed by atoms with van der Waals surface area (Å²) in [4.78, 5) is 0. The second-order valence-corrected chi connectivity index (χ2v) is 7.41. The fraction of sp³-hybridized carbons (Fsp3) is 1.00. The average molecular weight is 257 g/mol. The van der Waals surface area contributed by atoms with Crippen molar-refractivity contribution in [2.24, 2.45) is 35.5 Å². The molecule has 0 saturated heterocycles. The van der Waals surface area contributed by atoms with Crippen molar-refractivity contribution in [3.05, 3.63) is 0 Å². The predicted molar refractivity (Wildman–Crippen MR) is 86.9 cm³/mol. The molecular weight excluding hydrogens is 216 g/mol. The predicted octanol–water partition coefficient (Wildman–Crippen LogP) is 6.65. The Bertz CT molecular complexity index is 157. The monoisotopic (exact) mass is 256 g/mol. The van der Waals surface area contributed by atoms with Gasteiger partial charge in [0, 0.05) is 0 Å². The lowest BCUT2D eigenvalue weighted by atomic mass is 9.84. The van der Waals surface area contributed by atoms with Crippen molar-refractivity contribution in [3.63, 3.8) is 0 Å². The van der Waals surface area contributed by atoms with E-state index in [4.69, 9.17) is 0 Å². The molecule has 0 saturated carbocycles. The van der Waals surface area contributed by atoms with Gasteiger partial charge in [0.05, 0.1) is 0 Å². The topological polar surface area (TPSA) is 0 Å². The van der Waals surface area contributed by atoms with Crippen LogP contribution in [0.15, 0.2) is 0 Å². The van der Waals surface area contributed by atoms with Crippen molar-refractivity contribution >= 4 is 0 Å². The van der Waals surface area contributed by atoms with Gasteiger partial charge in [-0.05, 0) is 41.9 Å². The molecule has 0 heterocycles. The summed E-state index contributed by atoms with van der Waals surface area (Å²) in [6, 6.07) is 0. The summed E-state index contributed by atoms with van der Waals surface area (Å²) < 4.78 is 0. The van der Waals surface area contributed by atoms with Gasteiger partial charge >= 0.3 is 0 Å². The first-order valence-electron chi connectivity index (χ1n) is 8.13. The van der Waals surface area contributed by atoms with Crippen molar-refractivity contribution in [1.29, 1.82) is 0 Å². The van der Waals surface area contributed by atoms with Crippen LogP contribution in [0.5, 0.6) is 0 Å². The van der Waals surface area contributed by atoms with E-state index in [-0.39, 0.29) is 0 Å². The molecule has 0 bridgehead atoms. The molecule has 0 nitrogen and oxygen atoms in total. The highest BCUT2D eigenvalue weighted by Gasteiger charge is 2.13. The van der Waals surface area contributed by atoms with Gasteiger partial charge in [-0.25, -0.2) is 0 Å². The van der Waals surface area contributed by atoms with E-state index in [1.807, 2.05) is 0 Å². The molecule has 0 rings (SSSR count). The third-order valence-corrected chi connectivity index (χ3v) is 4.17. The lowest BCUT2D eigenvalue weighted by Gasteiger charge is -2.22. The zero-order valence-corrected chi connectivity index (χ0v) is 14.9. The van der Waals surface area contributed by atoms with E-state index in [0.717, 1.165) is 35.5 Å². The molecule has 0 heteroatoms. The van der Waals surface area contributed by atoms with Gasteiger partial charge in [0.25, 0.3) is 0 Å². The highest BCUT2D eigenvalue weighted by Crippen LogP contribution is 2.23. The van der Waals surface area contributed by atoms with Gasteiger partial charge in [0.15, 0.2) is 0 Å². The Morgan fingerprint density at radius 3 is 1.06 bits per heavy atom. The summed E-state index contributed by atoms with van der Waals surface area (Å²) in [7, 11) is 0. The van der Waals surface area contributed by atoms with Crippen LogP contribution < -0.4 is 0 Å². The molecule has 0 radical (unpaired) electrons. The first-order chi connectivity index (χ1) is 8.13. The molecule has 0 aromatic rings. The molecule has 0 aliphatic carbocycles. The minimum Gasteiger partial charge on any atom is -0.0651 e. The van der Waals surface area contributed by atoms with Crippen LogP contribution in [0.4, 0.5) is 0 Å². The maximum Gasteiger partial charge on any atom is -0.0371 e. The number of hydrogen-bond donors (Lipinski definition) is 0. The Hall–Kier alpha value is 0. The fourth-order valence-electron chi connectivity index (χ4n) is 2.73. The smallest absolute Gasteiger partial charge is 0.0371 e. The molecule has 0 aliphatic heterocycles. The molecule has 0 aromatic heterocycles. The third-order valence-electron chi connectivity index (χ3n) is 4.17. The van der Waals surface area contributed by atoms with Gasteiger partial charge < -0.3 is 0 Å². The van der Waals surface area contributed by atoms with Crippen molar-refractivity contribution in [2.45, 2.75) is 82.1 Å². The van der Waals surface area contributed by atoms with E-state index in [0.29, 0.717) is 0 Å². The minimum absolute atomic E-state index is 0.854. The maximum absolute atomic E-state index is 2.34. The Morgan fingerprint density at radius 2 is 1.00 bits per heavy atom. The molecule has 0 spiro atoms. The van der Waals surface area contributed by atoms with Gasteiger partial charge in [-0.2, -0.15) is 0 Å². The normalized spacial score (nSPS) is 13.5. The molecule has 0 aromatic carbocycles. The van der Waals surface area contributed by atoms with E-state index in [2.05, 4.69) is 69.2 Å². The van der Waals surface area contributed by atoms with Crippen molar-refractivity contribution in [3.8, 4) is 0 Å². The SMILES string of the molecule is CC(C)CC(C)C(C)C.CCC(C(C)C)C(C)C. The van der Waals surface area contributed by atoms with Gasteiger partial charge in [-0.1, -0.05) is 75.7 Å². The molecule has 18 heavy (non-hydrogen) atoms. The first-order valence-corrected chi connectivity index (χ1v) is 8.13. The Kier molecular flexibility index (Phi) is 12.3. The highest BCUT2D eigenvalue weighted by atomic mass is 14.2. The van der Waals surface area contributed by atoms with Crippen LogP contribution in [-0.2, 0) is 0 Å². The second kappa shape index (κ2) is 10.9. The zero-order chi connectivity index (χ0) is 14.9. The van der Waals surface area contributed by atoms with Crippen LogP contribution in [0, 0.1) is 35.5 Å². The lowest BCUT2D eigenvalue weighted by Crippen LogP contribution is -2.13. The summed E-state index contributed by atoms with van der Waals surface area (Å²) in [6.07, 6.45) is 2.70. The summed E-state index contributed by atoms with van der Waals surface area (Å²) in [5.41, 5.74) is 0. The maximum atomic E-state index is 2.34. The molecule has 0 fully saturated rings. The van der Waals surface area contributed by atoms with Crippen molar-refractivity contribution < 1.29 is 0 Å². The average Bonchev–Trinajstić information content (AvgIpc) is 2.16. The lowest BCUT2D eigenvalue weighted by molar-refractivity contribution is 0.279. The van der Waals surface area contributed by atoms with E-state index in [9.17, 15) is 0 Å². The summed E-state index contributed by atoms with van der Waals surface area (Å²) >= 11 is 0. The van der Waals surface area contributed by atoms with Crippen molar-refractivity contribution in [1.82, 2.24) is 0 Å². The van der Waals surface area contributed by atoms with Crippen molar-refractivity contribution in [2.75, 3.05) is 0 Å². The molecule has 1 unspecified atom stereocenters. The fourth-order valence-corrected chi connectivity index (χ4v) is 2.73. The zero-order valence-electron chi connectivity index (χ0n) is 14.9. The Morgan fingerprint density at radius 1 is 0.611 bits per heavy atom. The van der Waals surface area contributed by atoms with E-state index >= 15 is 0 Å². The van der Waals surface area contributed by atoms with Crippen LogP contribution in [0.1, 0.15) is 82.1 Å². The van der Waals surface area contributed by atoms with E-state index in [1.165, 1.54) is 12.8 Å². The molecule has 112 valence electrons. The Labute approximate surface area is 118 Å². The summed E-state index contributed by atoms with van der Waals surface area (Å²) in [6.45, 7) is 23.1. The molecular formula is C18H40. The minimum atomic E-state index is 0.854. The van der Waals surface area contributed by atoms with E-state index in [1.54, 1.807) is 0 Å². The highest BCUT2D eigenvalue weighted by molar-refractivity contribution is 4.63. The van der Waals surface area contributed by atoms with Crippen LogP contribution in [0.2, 0.25) is 0 Å². The molecule has 0 amide bonds. The van der Waals surface area contributed by atoms with Gasteiger partial charge in [-0.3, -0.25) is 0 Å². The molecule has 1 atom stereocenters. The van der Waals surface area contributed by atoms with Crippen LogP contribution in [0.25, 0.3) is 0 Å². The van der Waals surface area contributed by atoms with Gasteiger partial charge in [0.1, 0.15) is 0 Å². The number of rotatable bonds is 6. The number of hydrogen-bond acceptors (Lipinski definition) is 0. The molecule has 0 aliphatic rings. The second-order valence-electron chi connectivity index (χ2n) is 7.41. The van der Waals surface area contributed by atoms with Crippen LogP contribution >= 0.6 is 0 Å².